The van der Waals surface area contributed by atoms with E-state index < -0.39 is 0 Å². The molecular weight excluding hydrogens is 460 g/mol. The number of pyridine rings is 1. The van der Waals surface area contributed by atoms with Crippen LogP contribution in [0.4, 0.5) is 5.82 Å². The van der Waals surface area contributed by atoms with Gasteiger partial charge in [0.2, 0.25) is 0 Å². The van der Waals surface area contributed by atoms with Gasteiger partial charge >= 0.3 is 0 Å². The molecule has 3 aromatic rings. The van der Waals surface area contributed by atoms with E-state index >= 15 is 0 Å². The third kappa shape index (κ3) is 3.78. The van der Waals surface area contributed by atoms with Crippen molar-refractivity contribution >= 4 is 86.1 Å². The van der Waals surface area contributed by atoms with Gasteiger partial charge in [-0.15, -0.1) is 11.8 Å². The van der Waals surface area contributed by atoms with E-state index in [0.29, 0.717) is 37.6 Å². The molecule has 9 heteroatoms. The lowest BCUT2D eigenvalue weighted by atomic mass is 10.1. The lowest BCUT2D eigenvalue weighted by Crippen LogP contribution is -2.02. The van der Waals surface area contributed by atoms with E-state index in [-0.39, 0.29) is 10.8 Å². The monoisotopic (exact) mass is 469 g/mol. The fourth-order valence-corrected chi connectivity index (χ4v) is 4.83. The Morgan fingerprint density at radius 3 is 2.71 bits per heavy atom. The maximum absolute atomic E-state index is 10.1. The highest BCUT2D eigenvalue weighted by molar-refractivity contribution is 7.99. The zero-order chi connectivity index (χ0) is 19.8. The van der Waals surface area contributed by atoms with Crippen molar-refractivity contribution in [3.05, 3.63) is 62.6 Å². The van der Waals surface area contributed by atoms with E-state index in [1.54, 1.807) is 30.1 Å². The van der Waals surface area contributed by atoms with E-state index in [9.17, 15) is 5.11 Å². The van der Waals surface area contributed by atoms with Gasteiger partial charge in [0.1, 0.15) is 11.3 Å². The zero-order valence-corrected chi connectivity index (χ0v) is 17.9. The van der Waals surface area contributed by atoms with Crippen LogP contribution in [0, 0.1) is 0 Å². The normalized spacial score (nSPS) is 14.0. The molecule has 142 valence electrons. The van der Waals surface area contributed by atoms with Crippen LogP contribution in [-0.2, 0) is 0 Å². The van der Waals surface area contributed by atoms with Crippen molar-refractivity contribution in [2.45, 2.75) is 4.90 Å². The fourth-order valence-electron chi connectivity index (χ4n) is 2.73. The van der Waals surface area contributed by atoms with Crippen molar-refractivity contribution in [2.75, 3.05) is 11.2 Å². The van der Waals surface area contributed by atoms with Crippen LogP contribution >= 0.6 is 58.2 Å². The van der Waals surface area contributed by atoms with Gasteiger partial charge in [-0.05, 0) is 36.4 Å². The van der Waals surface area contributed by atoms with Gasteiger partial charge in [-0.3, -0.25) is 5.43 Å². The Morgan fingerprint density at radius 2 is 1.89 bits per heavy atom. The third-order valence-electron chi connectivity index (χ3n) is 4.10. The van der Waals surface area contributed by atoms with E-state index in [0.717, 1.165) is 16.0 Å². The Morgan fingerprint density at radius 1 is 1.07 bits per heavy atom. The van der Waals surface area contributed by atoms with Crippen molar-refractivity contribution < 1.29 is 5.11 Å². The highest BCUT2D eigenvalue weighted by Crippen LogP contribution is 2.40. The number of nitrogens with one attached hydrogen (secondary N) is 1. The fraction of sp³-hybridized carbons (Fsp3) is 0.0526. The van der Waals surface area contributed by atoms with Crippen LogP contribution in [0.2, 0.25) is 15.1 Å². The van der Waals surface area contributed by atoms with Crippen molar-refractivity contribution in [1.29, 1.82) is 0 Å². The summed E-state index contributed by atoms with van der Waals surface area (Å²) in [6.07, 6.45) is 1.65. The minimum atomic E-state index is -0.128. The first kappa shape index (κ1) is 19.7. The number of hydrogen-bond acceptors (Lipinski definition) is 5. The second-order valence-electron chi connectivity index (χ2n) is 5.92. The summed E-state index contributed by atoms with van der Waals surface area (Å²) in [4.78, 5) is 5.41. The molecule has 2 aromatic carbocycles. The molecular formula is C19H11Cl4N3OS. The van der Waals surface area contributed by atoms with Crippen molar-refractivity contribution in [1.82, 2.24) is 4.98 Å². The van der Waals surface area contributed by atoms with Gasteiger partial charge in [-0.25, -0.2) is 4.98 Å². The van der Waals surface area contributed by atoms with Crippen molar-refractivity contribution in [2.24, 2.45) is 5.10 Å². The molecule has 0 spiro atoms. The van der Waals surface area contributed by atoms with Gasteiger partial charge in [-0.2, -0.15) is 5.10 Å². The van der Waals surface area contributed by atoms with Crippen LogP contribution in [0.3, 0.4) is 0 Å². The predicted octanol–water partition coefficient (Wildman–Crippen LogP) is 7.05. The Kier molecular flexibility index (Phi) is 5.63. The van der Waals surface area contributed by atoms with Gasteiger partial charge in [0.25, 0.3) is 0 Å². The minimum Gasteiger partial charge on any atom is -0.504 e. The number of rotatable bonds is 3. The maximum Gasteiger partial charge on any atom is 0.160 e. The molecule has 4 rings (SSSR count). The largest absolute Gasteiger partial charge is 0.504 e. The summed E-state index contributed by atoms with van der Waals surface area (Å²) in [7, 11) is 0. The third-order valence-corrected chi connectivity index (χ3v) is 6.50. The van der Waals surface area contributed by atoms with Crippen LogP contribution in [0.25, 0.3) is 15.9 Å². The van der Waals surface area contributed by atoms with E-state index in [1.807, 2.05) is 18.2 Å². The summed E-state index contributed by atoms with van der Waals surface area (Å²) in [5, 5.41) is 16.7. The molecule has 0 bridgehead atoms. The van der Waals surface area contributed by atoms with Gasteiger partial charge in [-0.1, -0.05) is 46.4 Å². The van der Waals surface area contributed by atoms with E-state index in [2.05, 4.69) is 15.5 Å². The number of hydrazone groups is 1. The highest BCUT2D eigenvalue weighted by Gasteiger charge is 2.17. The Labute approximate surface area is 185 Å². The first-order valence-corrected chi connectivity index (χ1v) is 10.5. The first-order chi connectivity index (χ1) is 13.4. The van der Waals surface area contributed by atoms with Crippen molar-refractivity contribution in [3.8, 4) is 5.75 Å². The minimum absolute atomic E-state index is 0.128. The second kappa shape index (κ2) is 8.01. The summed E-state index contributed by atoms with van der Waals surface area (Å²) in [6.45, 7) is 0. The summed E-state index contributed by atoms with van der Waals surface area (Å²) in [5.74, 6) is 0.994. The van der Waals surface area contributed by atoms with E-state index in [4.69, 9.17) is 46.4 Å². The molecule has 4 nitrogen and oxygen atoms in total. The molecule has 1 aliphatic rings. The number of anilines is 1. The summed E-state index contributed by atoms with van der Waals surface area (Å²) in [6, 6.07) is 10.6. The van der Waals surface area contributed by atoms with Crippen molar-refractivity contribution in [3.63, 3.8) is 0 Å². The summed E-state index contributed by atoms with van der Waals surface area (Å²) < 4.78 is 0. The average Bonchev–Trinajstić information content (AvgIpc) is 2.68. The molecule has 0 unspecified atom stereocenters. The molecule has 0 aliphatic carbocycles. The zero-order valence-electron chi connectivity index (χ0n) is 14.0. The second-order valence-corrected chi connectivity index (χ2v) is 8.57. The number of thioether (sulfide) groups is 1. The molecule has 0 saturated carbocycles. The smallest absolute Gasteiger partial charge is 0.160 e. The van der Waals surface area contributed by atoms with E-state index in [1.165, 1.54) is 6.07 Å². The molecule has 28 heavy (non-hydrogen) atoms. The van der Waals surface area contributed by atoms with Crippen LogP contribution in [-0.4, -0.2) is 22.1 Å². The van der Waals surface area contributed by atoms with Crippen LogP contribution in [0.5, 0.6) is 5.75 Å². The molecule has 0 radical (unpaired) electrons. The number of hydrogen-bond donors (Lipinski definition) is 2. The van der Waals surface area contributed by atoms with Gasteiger partial charge < -0.3 is 5.11 Å². The van der Waals surface area contributed by atoms with Gasteiger partial charge in [0, 0.05) is 32.2 Å². The SMILES string of the molecule is Oc1c(Cl)cc(Cl)c2ccc(NN=CC3=C(Cl)c4cc(Cl)ccc4SC3)nc12. The number of halogens is 4. The Bertz CT molecular complexity index is 1160. The number of aromatic nitrogens is 1. The molecule has 2 heterocycles. The lowest BCUT2D eigenvalue weighted by Gasteiger charge is -2.17. The van der Waals surface area contributed by atoms with Gasteiger partial charge in [0.15, 0.2) is 5.75 Å². The molecule has 0 saturated heterocycles. The van der Waals surface area contributed by atoms with Gasteiger partial charge in [0.05, 0.1) is 21.3 Å². The maximum atomic E-state index is 10.1. The highest BCUT2D eigenvalue weighted by atomic mass is 35.5. The quantitative estimate of drug-likeness (QED) is 0.318. The molecule has 1 aromatic heterocycles. The molecule has 0 amide bonds. The Hall–Kier alpha value is -1.63. The summed E-state index contributed by atoms with van der Waals surface area (Å²) in [5.41, 5.74) is 4.89. The number of fused-ring (bicyclic) bond motifs is 2. The first-order valence-electron chi connectivity index (χ1n) is 8.02. The van der Waals surface area contributed by atoms with Crippen LogP contribution in [0.15, 0.2) is 52.0 Å². The molecule has 0 fully saturated rings. The Balaban J connectivity index is 1.60. The topological polar surface area (TPSA) is 57.5 Å². The number of benzene rings is 2. The number of nitrogens with zero attached hydrogens (tertiary/aromatic N) is 2. The molecule has 2 N–H and O–H groups in total. The predicted molar refractivity (Wildman–Crippen MR) is 120 cm³/mol. The lowest BCUT2D eigenvalue weighted by molar-refractivity contribution is 0.480. The number of phenols is 1. The molecule has 1 aliphatic heterocycles. The number of aromatic hydroxyl groups is 1. The molecule has 0 atom stereocenters. The van der Waals surface area contributed by atoms with Crippen LogP contribution in [0.1, 0.15) is 5.56 Å². The van der Waals surface area contributed by atoms with Crippen LogP contribution < -0.4 is 5.43 Å². The summed E-state index contributed by atoms with van der Waals surface area (Å²) >= 11 is 26.4. The standard InChI is InChI=1S/C19H11Cl4N3OS/c20-10-1-3-15-12(5-10)17(23)9(8-28-15)7-24-26-16-4-2-11-13(21)6-14(22)19(27)18(11)25-16/h1-7,27H,8H2,(H,25,26). The average molecular weight is 471 g/mol. The number of phenolic OH excluding ortho intramolecular Hbond substituents is 1.